The summed E-state index contributed by atoms with van der Waals surface area (Å²) in [6, 6.07) is 22.9. The van der Waals surface area contributed by atoms with E-state index in [0.29, 0.717) is 5.56 Å². The molecule has 0 bridgehead atoms. The quantitative estimate of drug-likeness (QED) is 0.723. The molecule has 0 aromatic heterocycles. The van der Waals surface area contributed by atoms with Gasteiger partial charge >= 0.3 is 0 Å². The normalized spacial score (nSPS) is 16.1. The van der Waals surface area contributed by atoms with Gasteiger partial charge in [-0.3, -0.25) is 9.59 Å². The van der Waals surface area contributed by atoms with Gasteiger partial charge in [0.1, 0.15) is 6.54 Å². The first-order chi connectivity index (χ1) is 13.5. The van der Waals surface area contributed by atoms with Gasteiger partial charge in [0.25, 0.3) is 5.91 Å². The molecule has 4 nitrogen and oxygen atoms in total. The Kier molecular flexibility index (Phi) is 4.70. The third-order valence-electron chi connectivity index (χ3n) is 5.08. The second-order valence-electron chi connectivity index (χ2n) is 7.25. The summed E-state index contributed by atoms with van der Waals surface area (Å²) in [5, 5.41) is 2.96. The standard InChI is InChI=1S/C24H22N2O2/c1-16-8-11-19(12-9-16)24(28)26-15-22(27)25-21-13-10-17(2)14-20(21)23(26)18-6-4-3-5-7-18/h3-14,23H,15H2,1-2H3,(H,25,27)/t23-/m1/s1. The zero-order valence-corrected chi connectivity index (χ0v) is 16.0. The zero-order valence-electron chi connectivity index (χ0n) is 16.0. The molecule has 0 unspecified atom stereocenters. The fourth-order valence-corrected chi connectivity index (χ4v) is 3.67. The highest BCUT2D eigenvalue weighted by Gasteiger charge is 2.33. The van der Waals surface area contributed by atoms with Crippen LogP contribution >= 0.6 is 0 Å². The predicted octanol–water partition coefficient (Wildman–Crippen LogP) is 4.49. The zero-order chi connectivity index (χ0) is 19.7. The minimum atomic E-state index is -0.344. The highest BCUT2D eigenvalue weighted by atomic mass is 16.2. The predicted molar refractivity (Wildman–Crippen MR) is 110 cm³/mol. The van der Waals surface area contributed by atoms with Gasteiger partial charge < -0.3 is 10.2 Å². The van der Waals surface area contributed by atoms with Gasteiger partial charge in [0.05, 0.1) is 6.04 Å². The Morgan fingerprint density at radius 3 is 2.32 bits per heavy atom. The van der Waals surface area contributed by atoms with E-state index in [9.17, 15) is 9.59 Å². The molecule has 0 spiro atoms. The van der Waals surface area contributed by atoms with Crippen molar-refractivity contribution in [2.75, 3.05) is 11.9 Å². The minimum Gasteiger partial charge on any atom is -0.324 e. The minimum absolute atomic E-state index is 0.00000165. The summed E-state index contributed by atoms with van der Waals surface area (Å²) >= 11 is 0. The molecule has 1 aliphatic rings. The van der Waals surface area contributed by atoms with Crippen molar-refractivity contribution in [3.05, 3.63) is 101 Å². The average molecular weight is 370 g/mol. The molecule has 0 saturated carbocycles. The van der Waals surface area contributed by atoms with Gasteiger partial charge in [-0.25, -0.2) is 0 Å². The second kappa shape index (κ2) is 7.31. The van der Waals surface area contributed by atoms with E-state index in [2.05, 4.69) is 5.32 Å². The van der Waals surface area contributed by atoms with Crippen molar-refractivity contribution in [2.24, 2.45) is 0 Å². The first kappa shape index (κ1) is 18.0. The smallest absolute Gasteiger partial charge is 0.255 e. The van der Waals surface area contributed by atoms with Crippen molar-refractivity contribution in [3.8, 4) is 0 Å². The highest BCUT2D eigenvalue weighted by molar-refractivity contribution is 6.01. The van der Waals surface area contributed by atoms with Crippen LogP contribution in [0.1, 0.15) is 38.7 Å². The van der Waals surface area contributed by atoms with Gasteiger partial charge in [0, 0.05) is 16.8 Å². The van der Waals surface area contributed by atoms with Crippen molar-refractivity contribution in [3.63, 3.8) is 0 Å². The summed E-state index contributed by atoms with van der Waals surface area (Å²) in [5.74, 6) is -0.345. The van der Waals surface area contributed by atoms with Crippen molar-refractivity contribution >= 4 is 17.5 Å². The molecule has 28 heavy (non-hydrogen) atoms. The number of nitrogens with one attached hydrogen (secondary N) is 1. The number of anilines is 1. The van der Waals surface area contributed by atoms with Crippen LogP contribution in [-0.4, -0.2) is 23.3 Å². The monoisotopic (exact) mass is 370 g/mol. The summed E-state index contributed by atoms with van der Waals surface area (Å²) in [7, 11) is 0. The van der Waals surface area contributed by atoms with Crippen LogP contribution in [0.2, 0.25) is 0 Å². The second-order valence-corrected chi connectivity index (χ2v) is 7.25. The Bertz CT molecular complexity index is 1030. The van der Waals surface area contributed by atoms with Crippen LogP contribution in [0.15, 0.2) is 72.8 Å². The molecule has 0 radical (unpaired) electrons. The average Bonchev–Trinajstić information content (AvgIpc) is 2.84. The van der Waals surface area contributed by atoms with Gasteiger partial charge in [0.2, 0.25) is 5.91 Å². The highest BCUT2D eigenvalue weighted by Crippen LogP contribution is 2.37. The Labute approximate surface area is 164 Å². The Morgan fingerprint density at radius 2 is 1.61 bits per heavy atom. The molecule has 0 saturated heterocycles. The molecule has 4 rings (SSSR count). The molecule has 3 aromatic rings. The van der Waals surface area contributed by atoms with E-state index in [1.165, 1.54) is 0 Å². The Morgan fingerprint density at radius 1 is 0.929 bits per heavy atom. The van der Waals surface area contributed by atoms with E-state index in [1.807, 2.05) is 86.6 Å². The van der Waals surface area contributed by atoms with E-state index >= 15 is 0 Å². The van der Waals surface area contributed by atoms with Crippen molar-refractivity contribution in [1.29, 1.82) is 0 Å². The molecular weight excluding hydrogens is 348 g/mol. The lowest BCUT2D eigenvalue weighted by Gasteiger charge is -2.31. The number of nitrogens with zero attached hydrogens (tertiary/aromatic N) is 1. The third-order valence-corrected chi connectivity index (χ3v) is 5.08. The maximum absolute atomic E-state index is 13.4. The van der Waals surface area contributed by atoms with Crippen LogP contribution in [-0.2, 0) is 4.79 Å². The molecule has 0 aliphatic carbocycles. The molecule has 4 heteroatoms. The molecule has 0 fully saturated rings. The number of amides is 2. The van der Waals surface area contributed by atoms with Gasteiger partial charge in [0.15, 0.2) is 0 Å². The summed E-state index contributed by atoms with van der Waals surface area (Å²) in [6.07, 6.45) is 0. The SMILES string of the molecule is Cc1ccc(C(=O)N2CC(=O)Nc3ccc(C)cc3[C@H]2c2ccccc2)cc1. The van der Waals surface area contributed by atoms with E-state index < -0.39 is 0 Å². The summed E-state index contributed by atoms with van der Waals surface area (Å²) in [4.78, 5) is 27.7. The van der Waals surface area contributed by atoms with E-state index in [-0.39, 0.29) is 24.4 Å². The van der Waals surface area contributed by atoms with Crippen LogP contribution in [0.5, 0.6) is 0 Å². The first-order valence-corrected chi connectivity index (χ1v) is 9.36. The molecular formula is C24H22N2O2. The molecule has 1 atom stereocenters. The maximum Gasteiger partial charge on any atom is 0.255 e. The summed E-state index contributed by atoms with van der Waals surface area (Å²) in [5.41, 5.74) is 5.41. The molecule has 1 heterocycles. The number of hydrogen-bond donors (Lipinski definition) is 1. The summed E-state index contributed by atoms with van der Waals surface area (Å²) < 4.78 is 0. The van der Waals surface area contributed by atoms with Crippen LogP contribution in [0.25, 0.3) is 0 Å². The van der Waals surface area contributed by atoms with Crippen LogP contribution in [0, 0.1) is 13.8 Å². The number of aryl methyl sites for hydroxylation is 2. The molecule has 1 N–H and O–H groups in total. The van der Waals surface area contributed by atoms with Crippen molar-refractivity contribution in [1.82, 2.24) is 4.90 Å². The van der Waals surface area contributed by atoms with Crippen molar-refractivity contribution < 1.29 is 9.59 Å². The number of carbonyl (C=O) groups excluding carboxylic acids is 2. The Balaban J connectivity index is 1.88. The third kappa shape index (κ3) is 3.41. The van der Waals surface area contributed by atoms with Gasteiger partial charge in [-0.2, -0.15) is 0 Å². The topological polar surface area (TPSA) is 49.4 Å². The lowest BCUT2D eigenvalue weighted by Crippen LogP contribution is -2.39. The van der Waals surface area contributed by atoms with Crippen LogP contribution in [0.4, 0.5) is 5.69 Å². The lowest BCUT2D eigenvalue weighted by molar-refractivity contribution is -0.117. The maximum atomic E-state index is 13.4. The number of fused-ring (bicyclic) bond motifs is 1. The fraction of sp³-hybridized carbons (Fsp3) is 0.167. The summed E-state index contributed by atoms with van der Waals surface area (Å²) in [6.45, 7) is 4.00. The van der Waals surface area contributed by atoms with Gasteiger partial charge in [-0.1, -0.05) is 65.7 Å². The van der Waals surface area contributed by atoms with E-state index in [4.69, 9.17) is 0 Å². The van der Waals surface area contributed by atoms with Gasteiger partial charge in [-0.05, 0) is 37.6 Å². The molecule has 140 valence electrons. The molecule has 3 aromatic carbocycles. The van der Waals surface area contributed by atoms with E-state index in [0.717, 1.165) is 27.9 Å². The van der Waals surface area contributed by atoms with Gasteiger partial charge in [-0.15, -0.1) is 0 Å². The van der Waals surface area contributed by atoms with E-state index in [1.54, 1.807) is 4.90 Å². The number of hydrogen-bond acceptors (Lipinski definition) is 2. The number of carbonyl (C=O) groups is 2. The number of rotatable bonds is 2. The van der Waals surface area contributed by atoms with Crippen LogP contribution < -0.4 is 5.32 Å². The lowest BCUT2D eigenvalue weighted by atomic mass is 9.94. The molecule has 1 aliphatic heterocycles. The largest absolute Gasteiger partial charge is 0.324 e. The van der Waals surface area contributed by atoms with Crippen molar-refractivity contribution in [2.45, 2.75) is 19.9 Å². The van der Waals surface area contributed by atoms with Crippen LogP contribution in [0.3, 0.4) is 0 Å². The Hall–Kier alpha value is -3.40. The molecule has 2 amide bonds. The first-order valence-electron chi connectivity index (χ1n) is 9.36. The number of benzene rings is 3. The fourth-order valence-electron chi connectivity index (χ4n) is 3.67.